The fourth-order valence-corrected chi connectivity index (χ4v) is 2.16. The molecule has 2 N–H and O–H groups in total. The zero-order valence-corrected chi connectivity index (χ0v) is 9.55. The topological polar surface area (TPSA) is 40.5 Å². The maximum atomic E-state index is 9.46. The first-order chi connectivity index (χ1) is 5.52. The van der Waals surface area contributed by atoms with Gasteiger partial charge >= 0.3 is 0 Å². The van der Waals surface area contributed by atoms with E-state index in [9.17, 15) is 10.2 Å². The van der Waals surface area contributed by atoms with Crippen LogP contribution in [0.25, 0.3) is 0 Å². The minimum atomic E-state index is -0.668. The van der Waals surface area contributed by atoms with Gasteiger partial charge in [0.1, 0.15) is 5.75 Å². The molecule has 1 aromatic carbocycles. The van der Waals surface area contributed by atoms with Crippen LogP contribution in [0.4, 0.5) is 0 Å². The van der Waals surface area contributed by atoms with Gasteiger partial charge in [0.25, 0.3) is 0 Å². The number of aliphatic hydroxyl groups excluding tert-OH is 1. The molecule has 0 aromatic heterocycles. The van der Waals surface area contributed by atoms with Crippen molar-refractivity contribution in [2.75, 3.05) is 0 Å². The van der Waals surface area contributed by atoms with Crippen LogP contribution >= 0.6 is 31.9 Å². The maximum Gasteiger partial charge on any atom is 0.135 e. The largest absolute Gasteiger partial charge is 0.506 e. The smallest absolute Gasteiger partial charge is 0.135 e. The standard InChI is InChI=1S/C8H8Br2O2/c1-4(11)6-2-5(9)3-7(10)8(6)12/h2-4,11-12H,1H3. The molecule has 0 saturated heterocycles. The monoisotopic (exact) mass is 294 g/mol. The zero-order chi connectivity index (χ0) is 9.30. The normalized spacial score (nSPS) is 13.0. The van der Waals surface area contributed by atoms with Gasteiger partial charge in [-0.05, 0) is 35.0 Å². The van der Waals surface area contributed by atoms with Crippen LogP contribution in [0.15, 0.2) is 21.1 Å². The fourth-order valence-electron chi connectivity index (χ4n) is 0.904. The molecule has 0 amide bonds. The van der Waals surface area contributed by atoms with Crippen LogP contribution in [0.1, 0.15) is 18.6 Å². The highest BCUT2D eigenvalue weighted by Gasteiger charge is 2.10. The summed E-state index contributed by atoms with van der Waals surface area (Å²) in [4.78, 5) is 0. The van der Waals surface area contributed by atoms with E-state index in [1.807, 2.05) is 0 Å². The summed E-state index contributed by atoms with van der Waals surface area (Å²) < 4.78 is 1.40. The predicted octanol–water partition coefficient (Wildman–Crippen LogP) is 2.97. The van der Waals surface area contributed by atoms with Crippen molar-refractivity contribution in [1.82, 2.24) is 0 Å². The maximum absolute atomic E-state index is 9.46. The van der Waals surface area contributed by atoms with Crippen LogP contribution in [0.3, 0.4) is 0 Å². The molecule has 0 aliphatic carbocycles. The van der Waals surface area contributed by atoms with Crippen molar-refractivity contribution in [1.29, 1.82) is 0 Å². The summed E-state index contributed by atoms with van der Waals surface area (Å²) in [6.07, 6.45) is -0.668. The Morgan fingerprint density at radius 3 is 2.42 bits per heavy atom. The second-order valence-corrected chi connectivity index (χ2v) is 4.27. The molecule has 1 rings (SSSR count). The second kappa shape index (κ2) is 3.77. The summed E-state index contributed by atoms with van der Waals surface area (Å²) >= 11 is 6.44. The summed E-state index contributed by atoms with van der Waals surface area (Å²) in [5.41, 5.74) is 0.510. The average molecular weight is 296 g/mol. The minimum absolute atomic E-state index is 0.0909. The van der Waals surface area contributed by atoms with E-state index in [0.717, 1.165) is 4.47 Å². The van der Waals surface area contributed by atoms with E-state index < -0.39 is 6.10 Å². The molecule has 0 heterocycles. The van der Waals surface area contributed by atoms with Crippen LogP contribution < -0.4 is 0 Å². The number of halogens is 2. The third kappa shape index (κ3) is 2.00. The Labute approximate surface area is 87.5 Å². The molecule has 4 heteroatoms. The Balaban J connectivity index is 3.28. The van der Waals surface area contributed by atoms with Crippen LogP contribution in [-0.2, 0) is 0 Å². The van der Waals surface area contributed by atoms with Gasteiger partial charge in [0, 0.05) is 10.0 Å². The van der Waals surface area contributed by atoms with Crippen LogP contribution in [0, 0.1) is 0 Å². The van der Waals surface area contributed by atoms with Gasteiger partial charge in [-0.25, -0.2) is 0 Å². The Morgan fingerprint density at radius 2 is 1.92 bits per heavy atom. The van der Waals surface area contributed by atoms with Crippen molar-refractivity contribution in [3.8, 4) is 5.75 Å². The molecule has 0 fully saturated rings. The molecule has 66 valence electrons. The van der Waals surface area contributed by atoms with Crippen LogP contribution in [0.5, 0.6) is 5.75 Å². The number of phenols is 1. The third-order valence-electron chi connectivity index (χ3n) is 1.51. The zero-order valence-electron chi connectivity index (χ0n) is 6.38. The minimum Gasteiger partial charge on any atom is -0.506 e. The van der Waals surface area contributed by atoms with E-state index in [0.29, 0.717) is 10.0 Å². The lowest BCUT2D eigenvalue weighted by Crippen LogP contribution is -1.92. The fraction of sp³-hybridized carbons (Fsp3) is 0.250. The van der Waals surface area contributed by atoms with E-state index in [1.54, 1.807) is 19.1 Å². The van der Waals surface area contributed by atoms with E-state index in [4.69, 9.17) is 0 Å². The Kier molecular flexibility index (Phi) is 3.15. The van der Waals surface area contributed by atoms with Gasteiger partial charge in [-0.1, -0.05) is 15.9 Å². The molecule has 0 saturated carbocycles. The molecule has 12 heavy (non-hydrogen) atoms. The molecular weight excluding hydrogens is 288 g/mol. The van der Waals surface area contributed by atoms with Gasteiger partial charge in [-0.15, -0.1) is 0 Å². The first-order valence-electron chi connectivity index (χ1n) is 3.38. The molecule has 0 radical (unpaired) electrons. The van der Waals surface area contributed by atoms with Gasteiger partial charge in [-0.3, -0.25) is 0 Å². The summed E-state index contributed by atoms with van der Waals surface area (Å²) in [5, 5.41) is 18.7. The van der Waals surface area contributed by atoms with Crippen molar-refractivity contribution in [2.45, 2.75) is 13.0 Å². The molecule has 0 aliphatic heterocycles. The Hall–Kier alpha value is -0.0600. The van der Waals surface area contributed by atoms with Gasteiger partial charge in [-0.2, -0.15) is 0 Å². The van der Waals surface area contributed by atoms with Crippen molar-refractivity contribution in [3.63, 3.8) is 0 Å². The third-order valence-corrected chi connectivity index (χ3v) is 2.57. The molecule has 1 aromatic rings. The number of rotatable bonds is 1. The highest BCUT2D eigenvalue weighted by Crippen LogP contribution is 2.34. The van der Waals surface area contributed by atoms with Crippen molar-refractivity contribution in [2.24, 2.45) is 0 Å². The summed E-state index contributed by atoms with van der Waals surface area (Å²) in [5.74, 6) is 0.0909. The van der Waals surface area contributed by atoms with Crippen molar-refractivity contribution in [3.05, 3.63) is 26.6 Å². The molecule has 0 aliphatic rings. The summed E-state index contributed by atoms with van der Waals surface area (Å²) in [6, 6.07) is 3.41. The summed E-state index contributed by atoms with van der Waals surface area (Å²) in [7, 11) is 0. The van der Waals surface area contributed by atoms with E-state index in [1.165, 1.54) is 0 Å². The molecule has 0 spiro atoms. The number of hydrogen-bond acceptors (Lipinski definition) is 2. The van der Waals surface area contributed by atoms with Crippen molar-refractivity contribution >= 4 is 31.9 Å². The van der Waals surface area contributed by atoms with Crippen molar-refractivity contribution < 1.29 is 10.2 Å². The lowest BCUT2D eigenvalue weighted by Gasteiger charge is -2.09. The number of aliphatic hydroxyl groups is 1. The first-order valence-corrected chi connectivity index (χ1v) is 4.97. The SMILES string of the molecule is CC(O)c1cc(Br)cc(Br)c1O. The quantitative estimate of drug-likeness (QED) is 0.836. The first kappa shape index (κ1) is 10.0. The highest BCUT2D eigenvalue weighted by atomic mass is 79.9. The summed E-state index contributed by atoms with van der Waals surface area (Å²) in [6.45, 7) is 1.61. The van der Waals surface area contributed by atoms with Crippen LogP contribution in [-0.4, -0.2) is 10.2 Å². The van der Waals surface area contributed by atoms with Gasteiger partial charge in [0.2, 0.25) is 0 Å². The van der Waals surface area contributed by atoms with E-state index in [-0.39, 0.29) is 5.75 Å². The van der Waals surface area contributed by atoms with E-state index in [2.05, 4.69) is 31.9 Å². The van der Waals surface area contributed by atoms with E-state index >= 15 is 0 Å². The van der Waals surface area contributed by atoms with Gasteiger partial charge < -0.3 is 10.2 Å². The Morgan fingerprint density at radius 1 is 1.33 bits per heavy atom. The van der Waals surface area contributed by atoms with Gasteiger partial charge in [0.15, 0.2) is 0 Å². The number of benzene rings is 1. The lowest BCUT2D eigenvalue weighted by molar-refractivity contribution is 0.194. The molecule has 0 bridgehead atoms. The highest BCUT2D eigenvalue weighted by molar-refractivity contribution is 9.11. The molecular formula is C8H8Br2O2. The average Bonchev–Trinajstić information content (AvgIpc) is 1.96. The number of hydrogen-bond donors (Lipinski definition) is 2. The molecule has 1 atom stereocenters. The predicted molar refractivity (Wildman–Crippen MR) is 54.1 cm³/mol. The molecule has 2 nitrogen and oxygen atoms in total. The van der Waals surface area contributed by atoms with Gasteiger partial charge in [0.05, 0.1) is 10.6 Å². The number of aromatic hydroxyl groups is 1. The number of phenolic OH excluding ortho intramolecular Hbond substituents is 1. The molecule has 1 unspecified atom stereocenters. The lowest BCUT2D eigenvalue weighted by atomic mass is 10.1. The Bertz CT molecular complexity index is 297. The van der Waals surface area contributed by atoms with Crippen LogP contribution in [0.2, 0.25) is 0 Å². The second-order valence-electron chi connectivity index (χ2n) is 2.50.